The molecule has 306 valence electrons. The van der Waals surface area contributed by atoms with Crippen LogP contribution < -0.4 is 15.5 Å². The number of nitrogens with one attached hydrogen (secondary N) is 2. The monoisotopic (exact) mass is 808 g/mol. The average Bonchev–Trinajstić information content (AvgIpc) is 3.90. The van der Waals surface area contributed by atoms with E-state index in [2.05, 4.69) is 15.7 Å². The maximum absolute atomic E-state index is 14.7. The van der Waals surface area contributed by atoms with Crippen molar-refractivity contribution < 1.29 is 37.5 Å². The van der Waals surface area contributed by atoms with Crippen molar-refractivity contribution in [2.45, 2.75) is 76.9 Å². The van der Waals surface area contributed by atoms with Crippen molar-refractivity contribution in [2.75, 3.05) is 36.4 Å². The molecule has 7 amide bonds. The lowest BCUT2D eigenvalue weighted by atomic mass is 9.92. The maximum atomic E-state index is 14.7. The van der Waals surface area contributed by atoms with E-state index in [0.29, 0.717) is 81.0 Å². The van der Waals surface area contributed by atoms with Crippen LogP contribution in [0.25, 0.3) is 11.1 Å². The number of carbonyl (C=O) groups is 6. The number of hydrogen-bond donors (Lipinski definition) is 2. The topological polar surface area (TPSA) is 175 Å². The Bertz CT molecular complexity index is 2450. The molecule has 4 aromatic rings. The molecule has 1 atom stereocenters. The van der Waals surface area contributed by atoms with E-state index in [1.807, 2.05) is 15.6 Å². The van der Waals surface area contributed by atoms with Gasteiger partial charge in [0, 0.05) is 87.3 Å². The normalized spacial score (nSPS) is 19.6. The molecule has 18 heteroatoms. The van der Waals surface area contributed by atoms with Crippen molar-refractivity contribution in [2.24, 2.45) is 7.05 Å². The molecule has 2 aromatic heterocycles. The molecular formula is C41H42F2N10O6. The van der Waals surface area contributed by atoms with Crippen LogP contribution in [0.15, 0.2) is 42.7 Å². The summed E-state index contributed by atoms with van der Waals surface area (Å²) in [6.45, 7) is 3.65. The molecule has 0 radical (unpaired) electrons. The second-order valence-corrected chi connectivity index (χ2v) is 15.7. The van der Waals surface area contributed by atoms with Gasteiger partial charge in [0.1, 0.15) is 6.04 Å². The molecule has 2 N–H and O–H groups in total. The highest BCUT2D eigenvalue weighted by atomic mass is 19.3. The number of aromatic nitrogens is 4. The van der Waals surface area contributed by atoms with Crippen molar-refractivity contribution in [3.63, 3.8) is 0 Å². The lowest BCUT2D eigenvalue weighted by Crippen LogP contribution is -2.54. The van der Waals surface area contributed by atoms with E-state index in [4.69, 9.17) is 5.10 Å². The molecule has 0 aliphatic carbocycles. The van der Waals surface area contributed by atoms with Gasteiger partial charge >= 0.3 is 6.03 Å². The summed E-state index contributed by atoms with van der Waals surface area (Å²) in [7, 11) is 1.75. The number of anilines is 3. The van der Waals surface area contributed by atoms with Gasteiger partial charge in [0.2, 0.25) is 17.7 Å². The lowest BCUT2D eigenvalue weighted by Gasteiger charge is -2.34. The molecule has 16 nitrogen and oxygen atoms in total. The molecule has 0 saturated carbocycles. The number of amides is 7. The number of piperidine rings is 2. The SMILES string of the molecule is CC(=O)N1CCc2c(c(N3CCCc4cc(-c5cnn(C)c5)c(C(F)F)cc43)nn2C2CCN(C(=O)Nc3cccc4c3C(=O)N(C3CCC(=O)NC3=O)C4=O)CC2)C1. The first-order valence-electron chi connectivity index (χ1n) is 19.9. The molecule has 5 aliphatic heterocycles. The third-order valence-electron chi connectivity index (χ3n) is 12.2. The van der Waals surface area contributed by atoms with Crippen LogP contribution in [0.2, 0.25) is 0 Å². The minimum atomic E-state index is -2.72. The fraction of sp³-hybridized carbons (Fsp3) is 0.415. The number of imide groups is 2. The molecule has 2 aromatic carbocycles. The third-order valence-corrected chi connectivity index (χ3v) is 12.2. The van der Waals surface area contributed by atoms with Gasteiger partial charge in [0.25, 0.3) is 18.2 Å². The molecule has 59 heavy (non-hydrogen) atoms. The Kier molecular flexibility index (Phi) is 9.51. The van der Waals surface area contributed by atoms with Crippen LogP contribution in [0.1, 0.15) is 94.6 Å². The predicted octanol–water partition coefficient (Wildman–Crippen LogP) is 4.48. The number of rotatable bonds is 6. The Balaban J connectivity index is 0.956. The maximum Gasteiger partial charge on any atom is 0.321 e. The number of alkyl halides is 2. The van der Waals surface area contributed by atoms with E-state index in [-0.39, 0.29) is 47.2 Å². The summed E-state index contributed by atoms with van der Waals surface area (Å²) in [5, 5.41) is 14.4. The summed E-state index contributed by atoms with van der Waals surface area (Å²) in [4.78, 5) is 83.8. The zero-order chi connectivity index (χ0) is 41.3. The number of benzene rings is 2. The quantitative estimate of drug-likeness (QED) is 0.266. The average molecular weight is 809 g/mol. The Hall–Kier alpha value is -6.46. The van der Waals surface area contributed by atoms with Crippen LogP contribution in [0.3, 0.4) is 0 Å². The Morgan fingerprint density at radius 3 is 2.44 bits per heavy atom. The van der Waals surface area contributed by atoms with Crippen LogP contribution in [-0.4, -0.2) is 102 Å². The fourth-order valence-electron chi connectivity index (χ4n) is 9.20. The molecule has 5 aliphatic rings. The van der Waals surface area contributed by atoms with E-state index < -0.39 is 42.1 Å². The van der Waals surface area contributed by atoms with Crippen LogP contribution >= 0.6 is 0 Å². The second-order valence-electron chi connectivity index (χ2n) is 15.7. The largest absolute Gasteiger partial charge is 0.338 e. The number of aryl methyl sites for hydroxylation is 2. The highest BCUT2D eigenvalue weighted by Crippen LogP contribution is 2.44. The zero-order valence-electron chi connectivity index (χ0n) is 32.5. The number of halogens is 2. The van der Waals surface area contributed by atoms with Crippen molar-refractivity contribution >= 4 is 52.8 Å². The van der Waals surface area contributed by atoms with Gasteiger partial charge in [-0.25, -0.2) is 13.6 Å². The molecular weight excluding hydrogens is 767 g/mol. The van der Waals surface area contributed by atoms with Crippen molar-refractivity contribution in [1.29, 1.82) is 0 Å². The van der Waals surface area contributed by atoms with Gasteiger partial charge in [-0.2, -0.15) is 10.2 Å². The zero-order valence-corrected chi connectivity index (χ0v) is 32.5. The molecule has 0 bridgehead atoms. The third kappa shape index (κ3) is 6.59. The molecule has 9 rings (SSSR count). The standard InChI is InChI=1S/C41H42F2N10O6/c1-22(54)50-16-12-31-29(21-50)37(51-13-4-5-23-17-27(24-19-44-48(2)20-24)28(36(42)43)18-33(23)51)47-53(31)25-10-14-49(15-11-25)41(59)45-30-7-3-6-26-35(30)40(58)52(39(26)57)32-8-9-34(55)46-38(32)56/h3,6-7,17-20,25,32,36H,4-5,8-16,21H2,1-2H3,(H,45,59)(H,46,55,56). The molecule has 2 fully saturated rings. The number of nitrogens with zero attached hydrogens (tertiary/aromatic N) is 8. The van der Waals surface area contributed by atoms with E-state index in [1.165, 1.54) is 19.1 Å². The van der Waals surface area contributed by atoms with Crippen molar-refractivity contribution in [3.05, 3.63) is 76.2 Å². The summed E-state index contributed by atoms with van der Waals surface area (Å²) < 4.78 is 33.0. The number of urea groups is 1. The van der Waals surface area contributed by atoms with E-state index in [0.717, 1.165) is 28.1 Å². The predicted molar refractivity (Wildman–Crippen MR) is 208 cm³/mol. The number of likely N-dealkylation sites (tertiary alicyclic amines) is 1. The number of hydrogen-bond acceptors (Lipinski definition) is 9. The summed E-state index contributed by atoms with van der Waals surface area (Å²) in [5.41, 5.74) is 4.66. The van der Waals surface area contributed by atoms with E-state index in [9.17, 15) is 37.5 Å². The summed E-state index contributed by atoms with van der Waals surface area (Å²) >= 11 is 0. The first kappa shape index (κ1) is 38.1. The van der Waals surface area contributed by atoms with Gasteiger partial charge in [-0.05, 0) is 67.5 Å². The van der Waals surface area contributed by atoms with Gasteiger partial charge < -0.3 is 20.0 Å². The van der Waals surface area contributed by atoms with Crippen LogP contribution in [0, 0.1) is 0 Å². The molecule has 7 heterocycles. The summed E-state index contributed by atoms with van der Waals surface area (Å²) in [6, 6.07) is 6.30. The summed E-state index contributed by atoms with van der Waals surface area (Å²) in [6.07, 6.45) is 3.75. The van der Waals surface area contributed by atoms with Gasteiger partial charge in [0.15, 0.2) is 5.82 Å². The van der Waals surface area contributed by atoms with Crippen molar-refractivity contribution in [3.8, 4) is 11.1 Å². The molecule has 0 spiro atoms. The van der Waals surface area contributed by atoms with Crippen LogP contribution in [0.4, 0.5) is 30.8 Å². The second kappa shape index (κ2) is 14.7. The van der Waals surface area contributed by atoms with Gasteiger partial charge in [-0.1, -0.05) is 6.07 Å². The first-order valence-corrected chi connectivity index (χ1v) is 19.9. The van der Waals surface area contributed by atoms with Gasteiger partial charge in [-0.3, -0.25) is 43.6 Å². The summed E-state index contributed by atoms with van der Waals surface area (Å²) in [5.74, 6) is -1.99. The highest BCUT2D eigenvalue weighted by molar-refractivity contribution is 6.26. The van der Waals surface area contributed by atoms with E-state index in [1.54, 1.807) is 46.1 Å². The van der Waals surface area contributed by atoms with Gasteiger partial charge in [-0.15, -0.1) is 0 Å². The Morgan fingerprint density at radius 2 is 1.73 bits per heavy atom. The van der Waals surface area contributed by atoms with Crippen molar-refractivity contribution in [1.82, 2.24) is 39.6 Å². The highest BCUT2D eigenvalue weighted by Gasteiger charge is 2.46. The molecule has 1 unspecified atom stereocenters. The van der Waals surface area contributed by atoms with Crippen LogP contribution in [-0.2, 0) is 40.8 Å². The Labute approximate surface area is 337 Å². The van der Waals surface area contributed by atoms with Gasteiger partial charge in [0.05, 0.1) is 35.6 Å². The van der Waals surface area contributed by atoms with Crippen LogP contribution in [0.5, 0.6) is 0 Å². The fourth-order valence-corrected chi connectivity index (χ4v) is 9.20. The lowest BCUT2D eigenvalue weighted by molar-refractivity contribution is -0.136. The minimum absolute atomic E-state index is 0.00556. The molecule has 2 saturated heterocycles. The first-order chi connectivity index (χ1) is 28.4. The Morgan fingerprint density at radius 1 is 0.932 bits per heavy atom. The number of fused-ring (bicyclic) bond motifs is 3. The minimum Gasteiger partial charge on any atom is -0.338 e. The number of carbonyl (C=O) groups excluding carboxylic acids is 6. The smallest absolute Gasteiger partial charge is 0.321 e. The van der Waals surface area contributed by atoms with E-state index >= 15 is 0 Å².